The first-order valence-electron chi connectivity index (χ1n) is 4.53. The van der Waals surface area contributed by atoms with Crippen molar-refractivity contribution in [2.75, 3.05) is 0 Å². The minimum absolute atomic E-state index is 0. The molecule has 4 atom stereocenters. The Kier molecular flexibility index (Phi) is 19.7. The molecular weight excluding hydrogens is 441 g/mol. The molecule has 22 heavy (non-hydrogen) atoms. The summed E-state index contributed by atoms with van der Waals surface area (Å²) in [6.07, 6.45) is -9.41. The zero-order chi connectivity index (χ0) is 16.6. The maximum Gasteiger partial charge on any atom is 2.00 e. The minimum atomic E-state index is -2.44. The maximum atomic E-state index is 9.77. The van der Waals surface area contributed by atoms with Crippen LogP contribution in [0, 0.1) is 0 Å². The van der Waals surface area contributed by atoms with Gasteiger partial charge in [-0.3, -0.25) is 0 Å². The summed E-state index contributed by atoms with van der Waals surface area (Å²) in [5, 5.41) is 68.3. The molecule has 14 heteroatoms. The van der Waals surface area contributed by atoms with Gasteiger partial charge in [-0.05, 0) is 0 Å². The van der Waals surface area contributed by atoms with E-state index in [2.05, 4.69) is 0 Å². The predicted molar refractivity (Wildman–Crippen MR) is 55.1 cm³/mol. The van der Waals surface area contributed by atoms with Crippen molar-refractivity contribution in [1.29, 1.82) is 0 Å². The Morgan fingerprint density at radius 1 is 0.636 bits per heavy atom. The van der Waals surface area contributed by atoms with Gasteiger partial charge < -0.3 is 50.4 Å². The summed E-state index contributed by atoms with van der Waals surface area (Å²) in [5.41, 5.74) is 0. The van der Waals surface area contributed by atoms with Crippen LogP contribution < -0.4 is 10.2 Å². The van der Waals surface area contributed by atoms with Crippen LogP contribution in [0.1, 0.15) is 0 Å². The van der Waals surface area contributed by atoms with Crippen LogP contribution in [0.2, 0.25) is 0 Å². The van der Waals surface area contributed by atoms with Gasteiger partial charge in [0.05, 0.1) is 11.9 Å². The van der Waals surface area contributed by atoms with Crippen LogP contribution in [0.25, 0.3) is 0 Å². The predicted octanol–water partition coefficient (Wildman–Crippen LogP) is -7.30. The quantitative estimate of drug-likeness (QED) is 0.207. The van der Waals surface area contributed by atoms with E-state index in [1.807, 2.05) is 0 Å². The van der Waals surface area contributed by atoms with Crippen molar-refractivity contribution in [1.82, 2.24) is 0 Å². The summed E-state index contributed by atoms with van der Waals surface area (Å²) in [6, 6.07) is 0. The number of hydrogen-bond donors (Lipinski definition) is 6. The summed E-state index contributed by atoms with van der Waals surface area (Å²) in [5.74, 6) is -7.65. The van der Waals surface area contributed by atoms with Crippen molar-refractivity contribution >= 4 is 61.6 Å². The molecule has 0 saturated carbocycles. The van der Waals surface area contributed by atoms with Gasteiger partial charge in [0.1, 0.15) is 12.2 Å². The van der Waals surface area contributed by atoms with Crippen LogP contribution in [0.3, 0.4) is 0 Å². The third-order valence-corrected chi connectivity index (χ3v) is 1.59. The van der Waals surface area contributed by atoms with Crippen molar-refractivity contribution < 1.29 is 87.3 Å². The van der Waals surface area contributed by atoms with Crippen LogP contribution in [0.15, 0.2) is 0 Å². The molecule has 0 radical (unpaired) electrons. The third kappa shape index (κ3) is 12.4. The Labute approximate surface area is 172 Å². The number of rotatable bonds is 6. The monoisotopic (exact) mass is 452 g/mol. The molecule has 0 fully saturated rings. The van der Waals surface area contributed by atoms with Crippen molar-refractivity contribution in [2.24, 2.45) is 0 Å². The Hall–Kier alpha value is -0.0982. The van der Waals surface area contributed by atoms with E-state index in [0.717, 1.165) is 0 Å². The summed E-state index contributed by atoms with van der Waals surface area (Å²) in [4.78, 5) is 38.8. The van der Waals surface area contributed by atoms with Gasteiger partial charge in [0.15, 0.2) is 12.2 Å². The summed E-state index contributed by atoms with van der Waals surface area (Å²) in [6.45, 7) is 0. The minimum Gasteiger partial charge on any atom is -0.547 e. The van der Waals surface area contributed by atoms with Crippen LogP contribution in [0.5, 0.6) is 0 Å². The molecule has 0 aromatic carbocycles. The van der Waals surface area contributed by atoms with E-state index in [1.165, 1.54) is 0 Å². The first-order chi connectivity index (χ1) is 8.93. The van der Waals surface area contributed by atoms with Gasteiger partial charge in [-0.1, -0.05) is 0 Å². The van der Waals surface area contributed by atoms with E-state index in [4.69, 9.17) is 30.6 Å². The van der Waals surface area contributed by atoms with Gasteiger partial charge in [0, 0.05) is 27.3 Å². The van der Waals surface area contributed by atoms with Gasteiger partial charge in [0.25, 0.3) is 0 Å². The number of carbonyl (C=O) groups excluding carboxylic acids is 2. The molecule has 0 rings (SSSR count). The Morgan fingerprint density at radius 2 is 0.818 bits per heavy atom. The van der Waals surface area contributed by atoms with Gasteiger partial charge in [-0.15, -0.1) is 0 Å². The topological polar surface area (TPSA) is 236 Å². The van der Waals surface area contributed by atoms with E-state index in [9.17, 15) is 29.4 Å². The largest absolute Gasteiger partial charge is 2.00 e. The molecule has 0 aromatic heterocycles. The molecule has 0 heterocycles. The van der Waals surface area contributed by atoms with E-state index in [-0.39, 0.29) is 65.0 Å². The van der Waals surface area contributed by atoms with E-state index >= 15 is 0 Å². The Balaban J connectivity index is -0.000000135. The number of aliphatic hydroxyl groups is 4. The number of carbonyl (C=O) groups is 4. The van der Waals surface area contributed by atoms with Crippen LogP contribution in [0.4, 0.5) is 0 Å². The zero-order valence-corrected chi connectivity index (χ0v) is 17.1. The van der Waals surface area contributed by atoms with Crippen LogP contribution >= 0.6 is 0 Å². The first-order valence-corrected chi connectivity index (χ1v) is 4.53. The zero-order valence-electron chi connectivity index (χ0n) is 10.9. The molecule has 0 aliphatic heterocycles. The molecule has 6 N–H and O–H groups in total. The van der Waals surface area contributed by atoms with E-state index < -0.39 is 48.3 Å². The molecule has 118 valence electrons. The molecule has 0 amide bonds. The number of aliphatic carboxylic acids is 4. The molecule has 0 spiro atoms. The normalized spacial score (nSPS) is 14.4. The fourth-order valence-electron chi connectivity index (χ4n) is 0.528. The molecule has 0 aliphatic carbocycles. The standard InChI is InChI=1S/2C4H6O6.Ca.Cd/c2*5-1(3(7)8)2(6)4(9)10;;/h2*1-2,5-6H,(H,7,8)(H,9,10);;/q;;+2;/p-2. The average molecular weight is 451 g/mol. The van der Waals surface area contributed by atoms with Gasteiger partial charge in [-0.2, -0.15) is 0 Å². The fraction of sp³-hybridized carbons (Fsp3) is 0.500. The van der Waals surface area contributed by atoms with Crippen molar-refractivity contribution in [3.63, 3.8) is 0 Å². The number of aliphatic hydroxyl groups excluding tert-OH is 4. The smallest absolute Gasteiger partial charge is 0.547 e. The SMILES string of the molecule is O=C(O)C(O)C(O)C(=O)O.O=C([O-])C(O)C(O)C(=O)[O-].[Ca+2].[Cd]. The number of carboxylic acids is 4. The van der Waals surface area contributed by atoms with Gasteiger partial charge in [0.2, 0.25) is 0 Å². The third-order valence-electron chi connectivity index (χ3n) is 1.59. The summed E-state index contributed by atoms with van der Waals surface area (Å²) in [7, 11) is 0. The second kappa shape index (κ2) is 14.5. The number of carboxylic acid groups (broad SMARTS) is 4. The van der Waals surface area contributed by atoms with Crippen molar-refractivity contribution in [3.8, 4) is 0 Å². The average Bonchev–Trinajstić information content (AvgIpc) is 2.35. The van der Waals surface area contributed by atoms with Gasteiger partial charge >= 0.3 is 49.7 Å². The molecular formula is C8H10CaCdO12. The summed E-state index contributed by atoms with van der Waals surface area (Å²) >= 11 is 0. The van der Waals surface area contributed by atoms with Crippen molar-refractivity contribution in [3.05, 3.63) is 0 Å². The van der Waals surface area contributed by atoms with Crippen LogP contribution in [-0.2, 0) is 46.5 Å². The van der Waals surface area contributed by atoms with E-state index in [0.29, 0.717) is 0 Å². The molecule has 0 bridgehead atoms. The Morgan fingerprint density at radius 3 is 0.909 bits per heavy atom. The van der Waals surface area contributed by atoms with E-state index in [1.54, 1.807) is 0 Å². The van der Waals surface area contributed by atoms with Crippen LogP contribution in [-0.4, -0.2) is 117 Å². The molecule has 0 aliphatic rings. The van der Waals surface area contributed by atoms with Gasteiger partial charge in [-0.25, -0.2) is 9.59 Å². The number of hydrogen-bond acceptors (Lipinski definition) is 10. The van der Waals surface area contributed by atoms with Crippen molar-refractivity contribution in [2.45, 2.75) is 24.4 Å². The summed E-state index contributed by atoms with van der Waals surface area (Å²) < 4.78 is 0. The Bertz CT molecular complexity index is 315. The molecule has 12 nitrogen and oxygen atoms in total. The second-order valence-electron chi connectivity index (χ2n) is 3.09. The fourth-order valence-corrected chi connectivity index (χ4v) is 0.528. The molecule has 0 aromatic rings. The first kappa shape index (κ1) is 29.9. The molecule has 0 saturated heterocycles. The molecule has 4 unspecified atom stereocenters. The maximum absolute atomic E-state index is 9.77. The second-order valence-corrected chi connectivity index (χ2v) is 3.09.